The van der Waals surface area contributed by atoms with Crippen molar-refractivity contribution >= 4 is 5.97 Å². The standard InChI is InChI=1S/C24H35FO3/c1-2-6-23(25)24(26)28-22-13-9-18(10-14-22)17-27-21-15-11-20(12-16-21)19-7-4-3-5-8-19/h11-12,15-16,18-19,22-23H,2-10,13-14,17H2,1H3/t18?,22?,23-/m0/s1. The first kappa shape index (κ1) is 21.1. The monoisotopic (exact) mass is 390 g/mol. The van der Waals surface area contributed by atoms with Crippen LogP contribution in [0.1, 0.15) is 89.0 Å². The zero-order chi connectivity index (χ0) is 19.8. The zero-order valence-corrected chi connectivity index (χ0v) is 17.2. The van der Waals surface area contributed by atoms with Gasteiger partial charge in [0.25, 0.3) is 0 Å². The number of esters is 1. The smallest absolute Gasteiger partial charge is 0.340 e. The van der Waals surface area contributed by atoms with Crippen LogP contribution < -0.4 is 4.74 Å². The molecule has 28 heavy (non-hydrogen) atoms. The Morgan fingerprint density at radius 2 is 1.71 bits per heavy atom. The van der Waals surface area contributed by atoms with Crippen LogP contribution in [0.4, 0.5) is 4.39 Å². The van der Waals surface area contributed by atoms with E-state index in [1.807, 2.05) is 6.92 Å². The Kier molecular flexibility index (Phi) is 8.17. The van der Waals surface area contributed by atoms with Crippen LogP contribution in [0.3, 0.4) is 0 Å². The third kappa shape index (κ3) is 6.22. The van der Waals surface area contributed by atoms with Crippen molar-refractivity contribution in [1.29, 1.82) is 0 Å². The maximum absolute atomic E-state index is 13.6. The molecule has 0 amide bonds. The molecule has 3 rings (SSSR count). The van der Waals surface area contributed by atoms with Gasteiger partial charge in [-0.2, -0.15) is 0 Å². The van der Waals surface area contributed by atoms with Crippen LogP contribution in [0.2, 0.25) is 0 Å². The minimum atomic E-state index is -1.47. The number of halogens is 1. The van der Waals surface area contributed by atoms with Gasteiger partial charge in [0.2, 0.25) is 0 Å². The highest BCUT2D eigenvalue weighted by atomic mass is 19.1. The molecule has 0 saturated heterocycles. The van der Waals surface area contributed by atoms with Crippen molar-refractivity contribution in [2.45, 2.75) is 95.7 Å². The fourth-order valence-corrected chi connectivity index (χ4v) is 4.51. The average molecular weight is 391 g/mol. The highest BCUT2D eigenvalue weighted by Crippen LogP contribution is 2.33. The molecule has 0 spiro atoms. The molecule has 1 aromatic carbocycles. The first-order chi connectivity index (χ1) is 13.7. The molecule has 2 saturated carbocycles. The van der Waals surface area contributed by atoms with Gasteiger partial charge in [-0.25, -0.2) is 9.18 Å². The Morgan fingerprint density at radius 1 is 1.04 bits per heavy atom. The largest absolute Gasteiger partial charge is 0.493 e. The summed E-state index contributed by atoms with van der Waals surface area (Å²) in [6.07, 6.45) is 9.55. The first-order valence-corrected chi connectivity index (χ1v) is 11.2. The minimum Gasteiger partial charge on any atom is -0.493 e. The topological polar surface area (TPSA) is 35.5 Å². The van der Waals surface area contributed by atoms with Crippen molar-refractivity contribution in [3.8, 4) is 5.75 Å². The molecular weight excluding hydrogens is 355 g/mol. The fourth-order valence-electron chi connectivity index (χ4n) is 4.51. The molecule has 2 fully saturated rings. The molecule has 3 nitrogen and oxygen atoms in total. The molecule has 0 aromatic heterocycles. The van der Waals surface area contributed by atoms with Gasteiger partial charge >= 0.3 is 5.97 Å². The van der Waals surface area contributed by atoms with Crippen molar-refractivity contribution in [2.75, 3.05) is 6.61 Å². The lowest BCUT2D eigenvalue weighted by molar-refractivity contribution is -0.157. The summed E-state index contributed by atoms with van der Waals surface area (Å²) >= 11 is 0. The Hall–Kier alpha value is -1.58. The molecule has 156 valence electrons. The predicted molar refractivity (Wildman–Crippen MR) is 109 cm³/mol. The van der Waals surface area contributed by atoms with Gasteiger partial charge < -0.3 is 9.47 Å². The molecule has 4 heteroatoms. The Balaban J connectivity index is 1.36. The summed E-state index contributed by atoms with van der Waals surface area (Å²) in [5, 5.41) is 0. The van der Waals surface area contributed by atoms with E-state index in [2.05, 4.69) is 24.3 Å². The molecule has 2 aliphatic rings. The van der Waals surface area contributed by atoms with E-state index in [4.69, 9.17) is 9.47 Å². The Bertz CT molecular complexity index is 586. The number of benzene rings is 1. The molecular formula is C24H35FO3. The molecule has 1 atom stereocenters. The number of hydrogen-bond acceptors (Lipinski definition) is 3. The molecule has 1 aromatic rings. The van der Waals surface area contributed by atoms with E-state index in [-0.39, 0.29) is 12.5 Å². The van der Waals surface area contributed by atoms with Crippen LogP contribution >= 0.6 is 0 Å². The second-order valence-electron chi connectivity index (χ2n) is 8.55. The summed E-state index contributed by atoms with van der Waals surface area (Å²) < 4.78 is 24.9. The average Bonchev–Trinajstić information content (AvgIpc) is 2.74. The van der Waals surface area contributed by atoms with Gasteiger partial charge in [-0.05, 0) is 74.5 Å². The zero-order valence-electron chi connectivity index (χ0n) is 17.2. The van der Waals surface area contributed by atoms with Crippen LogP contribution in [0.5, 0.6) is 5.75 Å². The van der Waals surface area contributed by atoms with E-state index >= 15 is 0 Å². The number of rotatable bonds is 8. The van der Waals surface area contributed by atoms with Gasteiger partial charge in [0.15, 0.2) is 6.17 Å². The number of carbonyl (C=O) groups excluding carboxylic acids is 1. The number of hydrogen-bond donors (Lipinski definition) is 0. The van der Waals surface area contributed by atoms with Crippen molar-refractivity contribution in [2.24, 2.45) is 5.92 Å². The summed E-state index contributed by atoms with van der Waals surface area (Å²) in [5.41, 5.74) is 1.45. The normalized spacial score (nSPS) is 24.5. The van der Waals surface area contributed by atoms with Crippen LogP contribution in [-0.4, -0.2) is 24.9 Å². The Labute approximate surface area is 169 Å². The van der Waals surface area contributed by atoms with Gasteiger partial charge in [-0.15, -0.1) is 0 Å². The molecule has 0 bridgehead atoms. The summed E-state index contributed by atoms with van der Waals surface area (Å²) in [5.74, 6) is 1.46. The van der Waals surface area contributed by atoms with E-state index in [1.165, 1.54) is 37.7 Å². The second kappa shape index (κ2) is 10.8. The van der Waals surface area contributed by atoms with E-state index in [0.29, 0.717) is 18.9 Å². The van der Waals surface area contributed by atoms with Gasteiger partial charge in [-0.1, -0.05) is 44.7 Å². The lowest BCUT2D eigenvalue weighted by atomic mass is 9.84. The number of ether oxygens (including phenoxy) is 2. The van der Waals surface area contributed by atoms with Crippen molar-refractivity contribution in [3.63, 3.8) is 0 Å². The van der Waals surface area contributed by atoms with E-state index < -0.39 is 12.1 Å². The summed E-state index contributed by atoms with van der Waals surface area (Å²) in [4.78, 5) is 11.7. The van der Waals surface area contributed by atoms with Crippen LogP contribution in [-0.2, 0) is 9.53 Å². The van der Waals surface area contributed by atoms with Crippen LogP contribution in [0.15, 0.2) is 24.3 Å². The lowest BCUT2D eigenvalue weighted by Crippen LogP contribution is -2.30. The van der Waals surface area contributed by atoms with Crippen molar-refractivity contribution < 1.29 is 18.7 Å². The molecule has 2 aliphatic carbocycles. The first-order valence-electron chi connectivity index (χ1n) is 11.2. The Morgan fingerprint density at radius 3 is 2.36 bits per heavy atom. The van der Waals surface area contributed by atoms with Crippen LogP contribution in [0, 0.1) is 5.92 Å². The molecule has 0 aliphatic heterocycles. The lowest BCUT2D eigenvalue weighted by Gasteiger charge is -2.28. The summed E-state index contributed by atoms with van der Waals surface area (Å²) in [6.45, 7) is 2.57. The molecule has 0 radical (unpaired) electrons. The second-order valence-corrected chi connectivity index (χ2v) is 8.55. The summed E-state index contributed by atoms with van der Waals surface area (Å²) in [7, 11) is 0. The molecule has 0 heterocycles. The third-order valence-corrected chi connectivity index (χ3v) is 6.32. The van der Waals surface area contributed by atoms with Gasteiger partial charge in [-0.3, -0.25) is 0 Å². The predicted octanol–water partition coefficient (Wildman–Crippen LogP) is 6.35. The highest BCUT2D eigenvalue weighted by molar-refractivity contribution is 5.74. The van der Waals surface area contributed by atoms with Gasteiger partial charge in [0, 0.05) is 0 Å². The van der Waals surface area contributed by atoms with Gasteiger partial charge in [0.05, 0.1) is 6.61 Å². The highest BCUT2D eigenvalue weighted by Gasteiger charge is 2.27. The minimum absolute atomic E-state index is 0.131. The van der Waals surface area contributed by atoms with E-state index in [0.717, 1.165) is 37.4 Å². The van der Waals surface area contributed by atoms with E-state index in [1.54, 1.807) is 0 Å². The van der Waals surface area contributed by atoms with Crippen molar-refractivity contribution in [3.05, 3.63) is 29.8 Å². The van der Waals surface area contributed by atoms with Crippen LogP contribution in [0.25, 0.3) is 0 Å². The quantitative estimate of drug-likeness (QED) is 0.485. The SMILES string of the molecule is CCC[C@H](F)C(=O)OC1CCC(COc2ccc(C3CCCCC3)cc2)CC1. The fraction of sp³-hybridized carbons (Fsp3) is 0.708. The third-order valence-electron chi connectivity index (χ3n) is 6.32. The number of carbonyl (C=O) groups is 1. The van der Waals surface area contributed by atoms with E-state index in [9.17, 15) is 9.18 Å². The molecule has 0 unspecified atom stereocenters. The maximum Gasteiger partial charge on any atom is 0.340 e. The van der Waals surface area contributed by atoms with Gasteiger partial charge in [0.1, 0.15) is 11.9 Å². The molecule has 0 N–H and O–H groups in total. The maximum atomic E-state index is 13.6. The number of alkyl halides is 1. The van der Waals surface area contributed by atoms with Crippen molar-refractivity contribution in [1.82, 2.24) is 0 Å². The summed E-state index contributed by atoms with van der Waals surface area (Å²) in [6, 6.07) is 8.66.